The fraction of sp³-hybridized carbons (Fsp3) is 0.562. The van der Waals surface area contributed by atoms with Crippen LogP contribution in [0.1, 0.15) is 31.7 Å². The number of benzene rings is 1. The number of ether oxygens (including phenoxy) is 1. The van der Waals surface area contributed by atoms with Gasteiger partial charge in [0, 0.05) is 31.9 Å². The van der Waals surface area contributed by atoms with E-state index in [1.165, 1.54) is 16.4 Å². The summed E-state index contributed by atoms with van der Waals surface area (Å²) in [4.78, 5) is 10.1. The van der Waals surface area contributed by atoms with E-state index in [4.69, 9.17) is 4.74 Å². The molecule has 2 fully saturated rings. The van der Waals surface area contributed by atoms with Crippen molar-refractivity contribution in [1.82, 2.24) is 4.31 Å². The first-order valence-corrected chi connectivity index (χ1v) is 9.54. The van der Waals surface area contributed by atoms with Crippen molar-refractivity contribution in [3.8, 4) is 6.07 Å². The predicted molar refractivity (Wildman–Crippen MR) is 88.3 cm³/mol. The van der Waals surface area contributed by atoms with E-state index in [-0.39, 0.29) is 16.4 Å². The molecule has 25 heavy (non-hydrogen) atoms. The van der Waals surface area contributed by atoms with Crippen LogP contribution in [0.25, 0.3) is 0 Å². The fourth-order valence-corrected chi connectivity index (χ4v) is 5.82. The Morgan fingerprint density at radius 1 is 1.36 bits per heavy atom. The second kappa shape index (κ2) is 6.37. The van der Waals surface area contributed by atoms with E-state index in [0.717, 1.165) is 25.3 Å². The lowest BCUT2D eigenvalue weighted by atomic mass is 9.75. The summed E-state index contributed by atoms with van der Waals surface area (Å²) in [5.74, 6) is 0. The fourth-order valence-electron chi connectivity index (χ4n) is 3.94. The number of nitro groups is 1. The van der Waals surface area contributed by atoms with Crippen LogP contribution in [0.5, 0.6) is 0 Å². The highest BCUT2D eigenvalue weighted by atomic mass is 32.2. The van der Waals surface area contributed by atoms with Gasteiger partial charge < -0.3 is 4.74 Å². The Bertz CT molecular complexity index is 840. The van der Waals surface area contributed by atoms with E-state index >= 15 is 0 Å². The van der Waals surface area contributed by atoms with Gasteiger partial charge in [0.1, 0.15) is 16.5 Å². The molecule has 0 aliphatic carbocycles. The molecule has 0 saturated carbocycles. The van der Waals surface area contributed by atoms with Crippen molar-refractivity contribution in [3.63, 3.8) is 0 Å². The molecule has 1 spiro atoms. The zero-order valence-corrected chi connectivity index (χ0v) is 14.7. The van der Waals surface area contributed by atoms with E-state index in [2.05, 4.69) is 0 Å². The first kappa shape index (κ1) is 17.8. The summed E-state index contributed by atoms with van der Waals surface area (Å²) in [6.45, 7) is 3.44. The van der Waals surface area contributed by atoms with Gasteiger partial charge in [0.05, 0.1) is 4.92 Å². The first-order valence-electron chi connectivity index (χ1n) is 8.10. The Kier molecular flexibility index (Phi) is 4.53. The predicted octanol–water partition coefficient (Wildman–Crippen LogP) is 2.05. The van der Waals surface area contributed by atoms with Crippen LogP contribution in [0.15, 0.2) is 23.1 Å². The molecular formula is C16H19N3O5S. The summed E-state index contributed by atoms with van der Waals surface area (Å²) < 4.78 is 33.1. The molecule has 9 heteroatoms. The lowest BCUT2D eigenvalue weighted by molar-refractivity contribution is -0.385. The quantitative estimate of drug-likeness (QED) is 0.598. The number of nitrogens with zero attached hydrogens (tertiary/aromatic N) is 3. The van der Waals surface area contributed by atoms with Crippen LogP contribution >= 0.6 is 0 Å². The lowest BCUT2D eigenvalue weighted by Crippen LogP contribution is -2.43. The molecule has 0 radical (unpaired) electrons. The minimum Gasteiger partial charge on any atom is -0.381 e. The van der Waals surface area contributed by atoms with Gasteiger partial charge in [-0.15, -0.1) is 0 Å². The van der Waals surface area contributed by atoms with Crippen molar-refractivity contribution < 1.29 is 18.1 Å². The van der Waals surface area contributed by atoms with Crippen molar-refractivity contribution >= 4 is 15.7 Å². The molecule has 2 aliphatic rings. The minimum absolute atomic E-state index is 0.126. The van der Waals surface area contributed by atoms with Crippen molar-refractivity contribution in [2.24, 2.45) is 5.41 Å². The number of hydrogen-bond donors (Lipinski definition) is 0. The van der Waals surface area contributed by atoms with Crippen LogP contribution in [-0.2, 0) is 14.8 Å². The van der Waals surface area contributed by atoms with Crippen LogP contribution in [0, 0.1) is 26.9 Å². The Labute approximate surface area is 146 Å². The third kappa shape index (κ3) is 2.80. The molecule has 134 valence electrons. The second-order valence-electron chi connectivity index (χ2n) is 6.54. The van der Waals surface area contributed by atoms with Crippen LogP contribution < -0.4 is 0 Å². The molecule has 0 aromatic heterocycles. The maximum atomic E-state index is 13.1. The Morgan fingerprint density at radius 2 is 2.04 bits per heavy atom. The van der Waals surface area contributed by atoms with Gasteiger partial charge in [0.15, 0.2) is 0 Å². The minimum atomic E-state index is -4.00. The highest BCUT2D eigenvalue weighted by molar-refractivity contribution is 7.89. The molecule has 2 saturated heterocycles. The van der Waals surface area contributed by atoms with Gasteiger partial charge in [-0.25, -0.2) is 8.42 Å². The first-order chi connectivity index (χ1) is 11.8. The monoisotopic (exact) mass is 365 g/mol. The number of nitriles is 1. The molecule has 0 N–H and O–H groups in total. The molecule has 2 heterocycles. The normalized spacial score (nSPS) is 23.4. The second-order valence-corrected chi connectivity index (χ2v) is 8.39. The summed E-state index contributed by atoms with van der Waals surface area (Å²) in [6, 6.07) is 5.16. The number of rotatable bonds is 3. The van der Waals surface area contributed by atoms with Crippen molar-refractivity contribution in [1.29, 1.82) is 5.26 Å². The Morgan fingerprint density at radius 3 is 2.64 bits per heavy atom. The zero-order chi connectivity index (χ0) is 18.2. The molecule has 1 aromatic rings. The van der Waals surface area contributed by atoms with E-state index in [1.807, 2.05) is 6.92 Å². The van der Waals surface area contributed by atoms with E-state index in [1.54, 1.807) is 6.07 Å². The zero-order valence-electron chi connectivity index (χ0n) is 13.8. The van der Waals surface area contributed by atoms with Crippen LogP contribution in [0.4, 0.5) is 5.69 Å². The molecule has 0 bridgehead atoms. The lowest BCUT2D eigenvalue weighted by Gasteiger charge is -2.38. The summed E-state index contributed by atoms with van der Waals surface area (Å²) in [7, 11) is -4.00. The third-order valence-corrected chi connectivity index (χ3v) is 7.55. The van der Waals surface area contributed by atoms with Gasteiger partial charge in [-0.05, 0) is 37.7 Å². The molecule has 1 atom stereocenters. The van der Waals surface area contributed by atoms with Gasteiger partial charge in [0.25, 0.3) is 5.69 Å². The van der Waals surface area contributed by atoms with Crippen molar-refractivity contribution in [2.45, 2.75) is 37.1 Å². The number of hydrogen-bond acceptors (Lipinski definition) is 6. The maximum absolute atomic E-state index is 13.1. The summed E-state index contributed by atoms with van der Waals surface area (Å²) in [6.07, 6.45) is 2.31. The standard InChI is InChI=1S/C16H19N3O5S/c1-12-16(6-9-24-10-7-16)5-8-18(12)25(22,23)15-4-2-3-14(19(20)21)13(15)11-17/h2-4,12H,5-10H2,1H3. The van der Waals surface area contributed by atoms with E-state index < -0.39 is 26.2 Å². The molecule has 2 aliphatic heterocycles. The van der Waals surface area contributed by atoms with E-state index in [0.29, 0.717) is 19.8 Å². The van der Waals surface area contributed by atoms with Crippen molar-refractivity contribution in [2.75, 3.05) is 19.8 Å². The average molecular weight is 365 g/mol. The Balaban J connectivity index is 2.02. The Hall–Kier alpha value is -2.02. The van der Waals surface area contributed by atoms with E-state index in [9.17, 15) is 23.8 Å². The van der Waals surface area contributed by atoms with Crippen molar-refractivity contribution in [3.05, 3.63) is 33.9 Å². The van der Waals surface area contributed by atoms with Crippen LogP contribution in [-0.4, -0.2) is 43.4 Å². The average Bonchev–Trinajstić information content (AvgIpc) is 2.91. The number of nitro benzene ring substituents is 1. The van der Waals surface area contributed by atoms with Gasteiger partial charge in [-0.3, -0.25) is 10.1 Å². The summed E-state index contributed by atoms with van der Waals surface area (Å²) >= 11 is 0. The summed E-state index contributed by atoms with van der Waals surface area (Å²) in [5.41, 5.74) is -1.03. The van der Waals surface area contributed by atoms with Gasteiger partial charge in [-0.2, -0.15) is 9.57 Å². The topological polar surface area (TPSA) is 114 Å². The SMILES string of the molecule is CC1N(S(=O)(=O)c2cccc([N+](=O)[O-])c2C#N)CCC12CCOCC2. The smallest absolute Gasteiger partial charge is 0.288 e. The molecule has 0 amide bonds. The third-order valence-electron chi connectivity index (χ3n) is 5.54. The highest BCUT2D eigenvalue weighted by Crippen LogP contribution is 2.47. The van der Waals surface area contributed by atoms with Gasteiger partial charge in [0.2, 0.25) is 10.0 Å². The molecule has 3 rings (SSSR count). The molecular weight excluding hydrogens is 346 g/mol. The van der Waals surface area contributed by atoms with Gasteiger partial charge in [-0.1, -0.05) is 6.07 Å². The molecule has 8 nitrogen and oxygen atoms in total. The van der Waals surface area contributed by atoms with Gasteiger partial charge >= 0.3 is 0 Å². The molecule has 1 unspecified atom stereocenters. The summed E-state index contributed by atoms with van der Waals surface area (Å²) in [5, 5.41) is 20.4. The number of sulfonamides is 1. The maximum Gasteiger partial charge on any atom is 0.288 e. The molecule has 1 aromatic carbocycles. The van der Waals surface area contributed by atoms with Crippen LogP contribution in [0.2, 0.25) is 0 Å². The largest absolute Gasteiger partial charge is 0.381 e. The highest BCUT2D eigenvalue weighted by Gasteiger charge is 2.50. The van der Waals surface area contributed by atoms with Crippen LogP contribution in [0.3, 0.4) is 0 Å².